The Balaban J connectivity index is 2.16. The summed E-state index contributed by atoms with van der Waals surface area (Å²) in [7, 11) is 0. The normalized spacial score (nSPS) is 17.3. The average Bonchev–Trinajstić information content (AvgIpc) is 2.90. The van der Waals surface area contributed by atoms with E-state index in [-0.39, 0.29) is 5.54 Å². The van der Waals surface area contributed by atoms with Crippen LogP contribution in [0.5, 0.6) is 0 Å². The fourth-order valence-electron chi connectivity index (χ4n) is 1.30. The van der Waals surface area contributed by atoms with Crippen LogP contribution in [0.15, 0.2) is 6.20 Å². The predicted octanol–water partition coefficient (Wildman–Crippen LogP) is 2.01. The Morgan fingerprint density at radius 3 is 2.87 bits per heavy atom. The highest BCUT2D eigenvalue weighted by Gasteiger charge is 2.38. The maximum absolute atomic E-state index is 13.4. The van der Waals surface area contributed by atoms with E-state index >= 15 is 0 Å². The van der Waals surface area contributed by atoms with E-state index in [9.17, 15) is 4.39 Å². The summed E-state index contributed by atoms with van der Waals surface area (Å²) in [5.74, 6) is 0.358. The molecule has 0 spiro atoms. The third-order valence-corrected chi connectivity index (χ3v) is 2.50. The van der Waals surface area contributed by atoms with Crippen LogP contribution < -0.4 is 10.6 Å². The Hall–Kier alpha value is -1.39. The SMILES string of the molecule is CCNc1ncc(F)c(NC2(C)CC2)n1. The Morgan fingerprint density at radius 1 is 1.53 bits per heavy atom. The zero-order valence-corrected chi connectivity index (χ0v) is 8.97. The van der Waals surface area contributed by atoms with Crippen molar-refractivity contribution < 1.29 is 4.39 Å². The summed E-state index contributed by atoms with van der Waals surface area (Å²) in [6.07, 6.45) is 3.32. The van der Waals surface area contributed by atoms with Gasteiger partial charge in [0.05, 0.1) is 6.20 Å². The van der Waals surface area contributed by atoms with E-state index in [2.05, 4.69) is 27.5 Å². The molecule has 1 aliphatic carbocycles. The van der Waals surface area contributed by atoms with Crippen molar-refractivity contribution >= 4 is 11.8 Å². The van der Waals surface area contributed by atoms with E-state index in [4.69, 9.17) is 0 Å². The molecule has 1 fully saturated rings. The summed E-state index contributed by atoms with van der Waals surface area (Å²) < 4.78 is 13.4. The first-order chi connectivity index (χ1) is 7.13. The Labute approximate surface area is 88.3 Å². The van der Waals surface area contributed by atoms with Crippen molar-refractivity contribution in [1.82, 2.24) is 9.97 Å². The maximum atomic E-state index is 13.4. The molecule has 0 radical (unpaired) electrons. The smallest absolute Gasteiger partial charge is 0.224 e. The Kier molecular flexibility index (Phi) is 2.46. The van der Waals surface area contributed by atoms with E-state index in [1.165, 1.54) is 6.20 Å². The number of nitrogens with zero attached hydrogens (tertiary/aromatic N) is 2. The van der Waals surface area contributed by atoms with Gasteiger partial charge in [-0.3, -0.25) is 0 Å². The fourth-order valence-corrected chi connectivity index (χ4v) is 1.30. The summed E-state index contributed by atoms with van der Waals surface area (Å²) in [6.45, 7) is 4.73. The van der Waals surface area contributed by atoms with Crippen molar-refractivity contribution in [2.24, 2.45) is 0 Å². The number of hydrogen-bond donors (Lipinski definition) is 2. The molecule has 1 aromatic rings. The number of rotatable bonds is 4. The zero-order valence-electron chi connectivity index (χ0n) is 8.97. The summed E-state index contributed by atoms with van der Waals surface area (Å²) in [4.78, 5) is 7.92. The minimum absolute atomic E-state index is 0.0265. The van der Waals surface area contributed by atoms with Gasteiger partial charge in [-0.25, -0.2) is 9.37 Å². The average molecular weight is 210 g/mol. The molecule has 0 bridgehead atoms. The molecule has 5 heteroatoms. The second-order valence-electron chi connectivity index (χ2n) is 4.11. The predicted molar refractivity (Wildman–Crippen MR) is 57.4 cm³/mol. The highest BCUT2D eigenvalue weighted by Crippen LogP contribution is 2.38. The van der Waals surface area contributed by atoms with E-state index in [1.807, 2.05) is 6.92 Å². The monoisotopic (exact) mass is 210 g/mol. The minimum atomic E-state index is -0.398. The Bertz CT molecular complexity index is 362. The molecule has 0 atom stereocenters. The lowest BCUT2D eigenvalue weighted by Gasteiger charge is -2.13. The van der Waals surface area contributed by atoms with Gasteiger partial charge < -0.3 is 10.6 Å². The molecular formula is C10H15FN4. The lowest BCUT2D eigenvalue weighted by Crippen LogP contribution is -2.19. The van der Waals surface area contributed by atoms with Crippen molar-refractivity contribution in [3.05, 3.63) is 12.0 Å². The summed E-state index contributed by atoms with van der Waals surface area (Å²) in [5.41, 5.74) is 0.0265. The van der Waals surface area contributed by atoms with Crippen LogP contribution in [-0.4, -0.2) is 22.1 Å². The first kappa shape index (κ1) is 10.1. The molecule has 4 nitrogen and oxygen atoms in total. The lowest BCUT2D eigenvalue weighted by atomic mass is 10.3. The van der Waals surface area contributed by atoms with Crippen LogP contribution in [-0.2, 0) is 0 Å². The molecule has 2 N–H and O–H groups in total. The van der Waals surface area contributed by atoms with E-state index in [0.29, 0.717) is 11.8 Å². The highest BCUT2D eigenvalue weighted by molar-refractivity contribution is 5.44. The molecule has 1 aromatic heterocycles. The van der Waals surface area contributed by atoms with Crippen LogP contribution >= 0.6 is 0 Å². The number of hydrogen-bond acceptors (Lipinski definition) is 4. The van der Waals surface area contributed by atoms with Gasteiger partial charge in [0.15, 0.2) is 11.6 Å². The van der Waals surface area contributed by atoms with Crippen molar-refractivity contribution in [3.63, 3.8) is 0 Å². The number of halogens is 1. The second kappa shape index (κ2) is 3.64. The highest BCUT2D eigenvalue weighted by atomic mass is 19.1. The lowest BCUT2D eigenvalue weighted by molar-refractivity contribution is 0.612. The van der Waals surface area contributed by atoms with E-state index < -0.39 is 5.82 Å². The van der Waals surface area contributed by atoms with Crippen molar-refractivity contribution in [2.45, 2.75) is 32.2 Å². The molecule has 1 aliphatic rings. The van der Waals surface area contributed by atoms with Crippen LogP contribution in [0.3, 0.4) is 0 Å². The molecule has 82 valence electrons. The fraction of sp³-hybridized carbons (Fsp3) is 0.600. The van der Waals surface area contributed by atoms with Gasteiger partial charge in [-0.05, 0) is 26.7 Å². The molecule has 0 amide bonds. The first-order valence-electron chi connectivity index (χ1n) is 5.17. The van der Waals surface area contributed by atoms with Gasteiger partial charge in [0, 0.05) is 12.1 Å². The molecule has 1 heterocycles. The number of anilines is 2. The van der Waals surface area contributed by atoms with Gasteiger partial charge in [0.25, 0.3) is 0 Å². The van der Waals surface area contributed by atoms with Crippen LogP contribution in [0.4, 0.5) is 16.2 Å². The summed E-state index contributed by atoms with van der Waals surface area (Å²) in [5, 5.41) is 6.05. The van der Waals surface area contributed by atoms with Crippen molar-refractivity contribution in [1.29, 1.82) is 0 Å². The van der Waals surface area contributed by atoms with Crippen LogP contribution in [0, 0.1) is 5.82 Å². The first-order valence-corrected chi connectivity index (χ1v) is 5.17. The van der Waals surface area contributed by atoms with Gasteiger partial charge in [-0.15, -0.1) is 0 Å². The zero-order chi connectivity index (χ0) is 10.9. The van der Waals surface area contributed by atoms with Gasteiger partial charge in [0.2, 0.25) is 5.95 Å². The maximum Gasteiger partial charge on any atom is 0.224 e. The molecular weight excluding hydrogens is 195 g/mol. The van der Waals surface area contributed by atoms with Crippen LogP contribution in [0.2, 0.25) is 0 Å². The van der Waals surface area contributed by atoms with Gasteiger partial charge in [-0.2, -0.15) is 4.98 Å². The number of nitrogens with one attached hydrogen (secondary N) is 2. The van der Waals surface area contributed by atoms with Gasteiger partial charge >= 0.3 is 0 Å². The quantitative estimate of drug-likeness (QED) is 0.798. The minimum Gasteiger partial charge on any atom is -0.362 e. The van der Waals surface area contributed by atoms with E-state index in [0.717, 1.165) is 19.4 Å². The van der Waals surface area contributed by atoms with Crippen LogP contribution in [0.1, 0.15) is 26.7 Å². The largest absolute Gasteiger partial charge is 0.362 e. The standard InChI is InChI=1S/C10H15FN4/c1-3-12-9-13-6-7(11)8(14-9)15-10(2)4-5-10/h6H,3-5H2,1-2H3,(H2,12,13,14,15). The molecule has 0 aliphatic heterocycles. The molecule has 15 heavy (non-hydrogen) atoms. The van der Waals surface area contributed by atoms with Crippen molar-refractivity contribution in [2.75, 3.05) is 17.2 Å². The summed E-state index contributed by atoms with van der Waals surface area (Å²) >= 11 is 0. The molecule has 2 rings (SSSR count). The molecule has 0 aromatic carbocycles. The van der Waals surface area contributed by atoms with Gasteiger partial charge in [-0.1, -0.05) is 0 Å². The summed E-state index contributed by atoms with van der Waals surface area (Å²) in [6, 6.07) is 0. The molecule has 1 saturated carbocycles. The third kappa shape index (κ3) is 2.34. The topological polar surface area (TPSA) is 49.8 Å². The van der Waals surface area contributed by atoms with Gasteiger partial charge in [0.1, 0.15) is 0 Å². The number of aromatic nitrogens is 2. The third-order valence-electron chi connectivity index (χ3n) is 2.50. The second-order valence-corrected chi connectivity index (χ2v) is 4.11. The molecule has 0 unspecified atom stereocenters. The van der Waals surface area contributed by atoms with Crippen molar-refractivity contribution in [3.8, 4) is 0 Å². The molecule has 0 saturated heterocycles. The van der Waals surface area contributed by atoms with Crippen LogP contribution in [0.25, 0.3) is 0 Å². The van der Waals surface area contributed by atoms with E-state index in [1.54, 1.807) is 0 Å². The Morgan fingerprint density at radius 2 is 2.27 bits per heavy atom.